The Hall–Kier alpha value is -0.730. The van der Waals surface area contributed by atoms with Crippen LogP contribution in [0.1, 0.15) is 38.3 Å². The molecular formula is C14H22ClNO. The Kier molecular flexibility index (Phi) is 5.79. The molecule has 1 aromatic rings. The van der Waals surface area contributed by atoms with E-state index in [9.17, 15) is 0 Å². The Balaban J connectivity index is 2.80. The van der Waals surface area contributed by atoms with E-state index in [0.717, 1.165) is 22.8 Å². The van der Waals surface area contributed by atoms with Gasteiger partial charge >= 0.3 is 0 Å². The molecule has 1 N–H and O–H groups in total. The summed E-state index contributed by atoms with van der Waals surface area (Å²) in [5, 5.41) is 4.10. The summed E-state index contributed by atoms with van der Waals surface area (Å²) in [5.74, 6) is 1.51. The molecule has 96 valence electrons. The Morgan fingerprint density at radius 3 is 2.47 bits per heavy atom. The first kappa shape index (κ1) is 14.3. The summed E-state index contributed by atoms with van der Waals surface area (Å²) < 4.78 is 5.16. The van der Waals surface area contributed by atoms with Gasteiger partial charge in [-0.3, -0.25) is 0 Å². The van der Waals surface area contributed by atoms with Crippen molar-refractivity contribution >= 4 is 11.6 Å². The second-order valence-electron chi connectivity index (χ2n) is 4.70. The van der Waals surface area contributed by atoms with Gasteiger partial charge in [0.1, 0.15) is 5.75 Å². The first-order valence-electron chi connectivity index (χ1n) is 6.09. The molecule has 1 rings (SSSR count). The molecule has 0 amide bonds. The van der Waals surface area contributed by atoms with E-state index in [4.69, 9.17) is 16.3 Å². The molecule has 1 aromatic carbocycles. The highest BCUT2D eigenvalue weighted by atomic mass is 35.5. The third-order valence-electron chi connectivity index (χ3n) is 2.96. The van der Waals surface area contributed by atoms with Gasteiger partial charge in [0.25, 0.3) is 0 Å². The minimum Gasteiger partial charge on any atom is -0.497 e. The highest BCUT2D eigenvalue weighted by Gasteiger charge is 2.13. The lowest BCUT2D eigenvalue weighted by Gasteiger charge is -2.19. The van der Waals surface area contributed by atoms with Crippen LogP contribution in [0.2, 0.25) is 5.02 Å². The standard InChI is InChI=1S/C14H22ClNO/c1-10(2)5-8-14(16-3)12-7-6-11(17-4)9-13(12)15/h6-7,9-10,14,16H,5,8H2,1-4H3. The zero-order valence-electron chi connectivity index (χ0n) is 11.1. The number of hydrogen-bond acceptors (Lipinski definition) is 2. The fraction of sp³-hybridized carbons (Fsp3) is 0.571. The van der Waals surface area contributed by atoms with Gasteiger partial charge in [-0.15, -0.1) is 0 Å². The zero-order chi connectivity index (χ0) is 12.8. The molecule has 2 nitrogen and oxygen atoms in total. The molecule has 0 aromatic heterocycles. The average Bonchev–Trinajstić information content (AvgIpc) is 2.31. The van der Waals surface area contributed by atoms with Gasteiger partial charge in [0.05, 0.1) is 7.11 Å². The van der Waals surface area contributed by atoms with E-state index >= 15 is 0 Å². The molecule has 3 heteroatoms. The summed E-state index contributed by atoms with van der Waals surface area (Å²) in [6, 6.07) is 6.19. The Labute approximate surface area is 109 Å². The SMILES string of the molecule is CNC(CCC(C)C)c1ccc(OC)cc1Cl. The van der Waals surface area contributed by atoms with Crippen molar-refractivity contribution < 1.29 is 4.74 Å². The zero-order valence-corrected chi connectivity index (χ0v) is 11.8. The molecule has 1 atom stereocenters. The van der Waals surface area contributed by atoms with Crippen LogP contribution in [0.4, 0.5) is 0 Å². The number of nitrogens with one attached hydrogen (secondary N) is 1. The van der Waals surface area contributed by atoms with Crippen molar-refractivity contribution in [2.45, 2.75) is 32.7 Å². The lowest BCUT2D eigenvalue weighted by atomic mass is 9.97. The predicted octanol–water partition coefficient (Wildman–Crippen LogP) is 4.05. The van der Waals surface area contributed by atoms with Crippen LogP contribution < -0.4 is 10.1 Å². The van der Waals surface area contributed by atoms with Crippen molar-refractivity contribution in [3.63, 3.8) is 0 Å². The molecule has 0 bridgehead atoms. The first-order chi connectivity index (χ1) is 8.08. The number of hydrogen-bond donors (Lipinski definition) is 1. The van der Waals surface area contributed by atoms with Crippen LogP contribution in [0.3, 0.4) is 0 Å². The van der Waals surface area contributed by atoms with Gasteiger partial charge in [0.15, 0.2) is 0 Å². The van der Waals surface area contributed by atoms with Gasteiger partial charge in [-0.25, -0.2) is 0 Å². The number of methoxy groups -OCH3 is 1. The van der Waals surface area contributed by atoms with Crippen molar-refractivity contribution in [2.75, 3.05) is 14.2 Å². The smallest absolute Gasteiger partial charge is 0.120 e. The van der Waals surface area contributed by atoms with Gasteiger partial charge in [-0.1, -0.05) is 31.5 Å². The van der Waals surface area contributed by atoms with Gasteiger partial charge in [0, 0.05) is 11.1 Å². The van der Waals surface area contributed by atoms with Gasteiger partial charge in [-0.2, -0.15) is 0 Å². The van der Waals surface area contributed by atoms with E-state index in [-0.39, 0.29) is 0 Å². The molecule has 1 unspecified atom stereocenters. The largest absolute Gasteiger partial charge is 0.497 e. The summed E-state index contributed by atoms with van der Waals surface area (Å²) in [6.45, 7) is 4.48. The van der Waals surface area contributed by atoms with Gasteiger partial charge in [0.2, 0.25) is 0 Å². The van der Waals surface area contributed by atoms with Crippen LogP contribution in [0, 0.1) is 5.92 Å². The summed E-state index contributed by atoms with van der Waals surface area (Å²) in [7, 11) is 3.63. The topological polar surface area (TPSA) is 21.3 Å². The lowest BCUT2D eigenvalue weighted by molar-refractivity contribution is 0.414. The monoisotopic (exact) mass is 255 g/mol. The summed E-state index contributed by atoms with van der Waals surface area (Å²) >= 11 is 6.28. The summed E-state index contributed by atoms with van der Waals surface area (Å²) in [6.07, 6.45) is 2.29. The number of rotatable bonds is 6. The fourth-order valence-corrected chi connectivity index (χ4v) is 2.18. The normalized spacial score (nSPS) is 12.8. The molecule has 0 aliphatic carbocycles. The van der Waals surface area contributed by atoms with Crippen molar-refractivity contribution in [3.8, 4) is 5.75 Å². The van der Waals surface area contributed by atoms with Crippen LogP contribution in [0.15, 0.2) is 18.2 Å². The molecule has 0 heterocycles. The fourth-order valence-electron chi connectivity index (χ4n) is 1.87. The lowest BCUT2D eigenvalue weighted by Crippen LogP contribution is -2.17. The third kappa shape index (κ3) is 4.21. The maximum atomic E-state index is 6.28. The molecule has 0 spiro atoms. The van der Waals surface area contributed by atoms with Gasteiger partial charge < -0.3 is 10.1 Å². The van der Waals surface area contributed by atoms with Crippen LogP contribution in [0.5, 0.6) is 5.75 Å². The van der Waals surface area contributed by atoms with Crippen molar-refractivity contribution in [1.82, 2.24) is 5.32 Å². The Morgan fingerprint density at radius 2 is 2.00 bits per heavy atom. The minimum atomic E-state index is 0.316. The minimum absolute atomic E-state index is 0.316. The van der Waals surface area contributed by atoms with Crippen LogP contribution in [-0.2, 0) is 0 Å². The Morgan fingerprint density at radius 1 is 1.29 bits per heavy atom. The Bertz CT molecular complexity index is 352. The van der Waals surface area contributed by atoms with Crippen molar-refractivity contribution in [3.05, 3.63) is 28.8 Å². The van der Waals surface area contributed by atoms with E-state index in [1.807, 2.05) is 25.2 Å². The van der Waals surface area contributed by atoms with E-state index in [1.54, 1.807) is 7.11 Å². The van der Waals surface area contributed by atoms with Crippen molar-refractivity contribution in [1.29, 1.82) is 0 Å². The molecule has 0 aliphatic rings. The first-order valence-corrected chi connectivity index (χ1v) is 6.47. The van der Waals surface area contributed by atoms with Crippen molar-refractivity contribution in [2.24, 2.45) is 5.92 Å². The quantitative estimate of drug-likeness (QED) is 0.828. The second-order valence-corrected chi connectivity index (χ2v) is 5.11. The predicted molar refractivity (Wildman–Crippen MR) is 73.9 cm³/mol. The third-order valence-corrected chi connectivity index (χ3v) is 3.29. The summed E-state index contributed by atoms with van der Waals surface area (Å²) in [5.41, 5.74) is 1.15. The second kappa shape index (κ2) is 6.87. The van der Waals surface area contributed by atoms with Crippen LogP contribution >= 0.6 is 11.6 Å². The molecular weight excluding hydrogens is 234 g/mol. The van der Waals surface area contributed by atoms with E-state index in [2.05, 4.69) is 19.2 Å². The van der Waals surface area contributed by atoms with Gasteiger partial charge in [-0.05, 0) is 43.5 Å². The number of ether oxygens (including phenoxy) is 1. The number of halogens is 1. The van der Waals surface area contributed by atoms with E-state index in [0.29, 0.717) is 12.0 Å². The van der Waals surface area contributed by atoms with E-state index in [1.165, 1.54) is 6.42 Å². The number of benzene rings is 1. The van der Waals surface area contributed by atoms with E-state index < -0.39 is 0 Å². The molecule has 0 saturated heterocycles. The highest BCUT2D eigenvalue weighted by molar-refractivity contribution is 6.31. The molecule has 17 heavy (non-hydrogen) atoms. The maximum Gasteiger partial charge on any atom is 0.120 e. The maximum absolute atomic E-state index is 6.28. The molecule has 0 fully saturated rings. The van der Waals surface area contributed by atoms with Crippen LogP contribution in [-0.4, -0.2) is 14.2 Å². The van der Waals surface area contributed by atoms with Crippen LogP contribution in [0.25, 0.3) is 0 Å². The average molecular weight is 256 g/mol. The molecule has 0 aliphatic heterocycles. The molecule has 0 saturated carbocycles. The molecule has 0 radical (unpaired) electrons. The highest BCUT2D eigenvalue weighted by Crippen LogP contribution is 2.30. The summed E-state index contributed by atoms with van der Waals surface area (Å²) in [4.78, 5) is 0.